The van der Waals surface area contributed by atoms with Crippen LogP contribution in [0.15, 0.2) is 5.38 Å². The van der Waals surface area contributed by atoms with Gasteiger partial charge >= 0.3 is 0 Å². The van der Waals surface area contributed by atoms with Gasteiger partial charge in [0.1, 0.15) is 0 Å². The minimum absolute atomic E-state index is 0.161. The van der Waals surface area contributed by atoms with E-state index in [4.69, 9.17) is 4.74 Å². The van der Waals surface area contributed by atoms with Gasteiger partial charge in [0, 0.05) is 31.0 Å². The normalized spacial score (nSPS) is 16.7. The Labute approximate surface area is 149 Å². The molecule has 1 aromatic heterocycles. The first-order valence-corrected chi connectivity index (χ1v) is 10.0. The zero-order valence-corrected chi connectivity index (χ0v) is 16.0. The fourth-order valence-electron chi connectivity index (χ4n) is 2.91. The van der Waals surface area contributed by atoms with Crippen LogP contribution in [0.25, 0.3) is 0 Å². The zero-order valence-electron chi connectivity index (χ0n) is 15.2. The topological polar surface area (TPSA) is 54.5 Å². The Balaban J connectivity index is 1.62. The van der Waals surface area contributed by atoms with Crippen molar-refractivity contribution in [1.82, 2.24) is 15.2 Å². The number of thiazole rings is 1. The summed E-state index contributed by atoms with van der Waals surface area (Å²) >= 11 is 1.75. The first-order chi connectivity index (χ1) is 11.6. The maximum atomic E-state index is 12.2. The van der Waals surface area contributed by atoms with E-state index < -0.39 is 0 Å². The first-order valence-electron chi connectivity index (χ1n) is 9.13. The predicted molar refractivity (Wildman–Crippen MR) is 98.2 cm³/mol. The van der Waals surface area contributed by atoms with Crippen molar-refractivity contribution in [3.8, 4) is 0 Å². The molecule has 1 fully saturated rings. The van der Waals surface area contributed by atoms with Crippen LogP contribution in [0.4, 0.5) is 0 Å². The van der Waals surface area contributed by atoms with E-state index in [1.54, 1.807) is 11.3 Å². The fourth-order valence-corrected chi connectivity index (χ4v) is 3.65. The molecule has 0 saturated carbocycles. The number of nitrogens with one attached hydrogen (secondary N) is 1. The maximum Gasteiger partial charge on any atom is 0.223 e. The van der Waals surface area contributed by atoms with Crippen molar-refractivity contribution in [3.05, 3.63) is 16.1 Å². The summed E-state index contributed by atoms with van der Waals surface area (Å²) in [7, 11) is 0. The Bertz CT molecular complexity index is 496. The van der Waals surface area contributed by atoms with Crippen LogP contribution in [0, 0.1) is 5.92 Å². The Hall–Kier alpha value is -0.980. The van der Waals surface area contributed by atoms with Crippen molar-refractivity contribution in [2.75, 3.05) is 26.2 Å². The molecule has 1 aliphatic rings. The van der Waals surface area contributed by atoms with E-state index in [0.717, 1.165) is 45.3 Å². The van der Waals surface area contributed by atoms with Gasteiger partial charge in [0.25, 0.3) is 0 Å². The van der Waals surface area contributed by atoms with Crippen LogP contribution in [0.5, 0.6) is 0 Å². The molecule has 1 N–H and O–H groups in total. The lowest BCUT2D eigenvalue weighted by Crippen LogP contribution is -2.40. The molecule has 0 unspecified atom stereocenters. The summed E-state index contributed by atoms with van der Waals surface area (Å²) in [6.45, 7) is 10.5. The van der Waals surface area contributed by atoms with Gasteiger partial charge in [-0.25, -0.2) is 4.98 Å². The largest absolute Gasteiger partial charge is 0.379 e. The van der Waals surface area contributed by atoms with E-state index in [0.29, 0.717) is 13.2 Å². The lowest BCUT2D eigenvalue weighted by atomic mass is 9.96. The van der Waals surface area contributed by atoms with Gasteiger partial charge in [-0.1, -0.05) is 6.92 Å². The van der Waals surface area contributed by atoms with Gasteiger partial charge in [-0.05, 0) is 52.6 Å². The molecular weight excluding hydrogens is 322 g/mol. The minimum atomic E-state index is 0.161. The van der Waals surface area contributed by atoms with Crippen molar-refractivity contribution in [2.24, 2.45) is 5.92 Å². The van der Waals surface area contributed by atoms with Crippen molar-refractivity contribution in [3.63, 3.8) is 0 Å². The van der Waals surface area contributed by atoms with Gasteiger partial charge in [0.2, 0.25) is 5.91 Å². The number of hydrogen-bond donors (Lipinski definition) is 1. The maximum absolute atomic E-state index is 12.2. The molecule has 136 valence electrons. The van der Waals surface area contributed by atoms with E-state index in [9.17, 15) is 4.79 Å². The summed E-state index contributed by atoms with van der Waals surface area (Å²) in [6, 6.07) is 0. The van der Waals surface area contributed by atoms with Crippen molar-refractivity contribution in [1.29, 1.82) is 0 Å². The highest BCUT2D eigenvalue weighted by Crippen LogP contribution is 2.20. The van der Waals surface area contributed by atoms with Gasteiger partial charge in [-0.15, -0.1) is 11.3 Å². The molecule has 1 amide bonds. The van der Waals surface area contributed by atoms with E-state index in [-0.39, 0.29) is 17.9 Å². The van der Waals surface area contributed by atoms with Crippen LogP contribution in [-0.4, -0.2) is 48.1 Å². The van der Waals surface area contributed by atoms with Crippen molar-refractivity contribution >= 4 is 17.2 Å². The predicted octanol–water partition coefficient (Wildman–Crippen LogP) is 2.85. The van der Waals surface area contributed by atoms with Crippen LogP contribution in [0.1, 0.15) is 50.7 Å². The molecule has 5 nitrogen and oxygen atoms in total. The zero-order chi connectivity index (χ0) is 17.4. The molecule has 0 bridgehead atoms. The molecule has 0 spiro atoms. The molecule has 0 radical (unpaired) electrons. The second-order valence-electron chi connectivity index (χ2n) is 6.70. The van der Waals surface area contributed by atoms with Gasteiger partial charge in [-0.2, -0.15) is 0 Å². The molecule has 1 aliphatic heterocycles. The third kappa shape index (κ3) is 6.49. The Morgan fingerprint density at radius 1 is 1.46 bits per heavy atom. The van der Waals surface area contributed by atoms with E-state index in [1.807, 2.05) is 13.8 Å². The Morgan fingerprint density at radius 2 is 2.21 bits per heavy atom. The molecule has 0 aromatic carbocycles. The number of likely N-dealkylation sites (tertiary alicyclic amines) is 1. The average Bonchev–Trinajstić information content (AvgIpc) is 3.02. The number of ether oxygens (including phenoxy) is 1. The third-order valence-corrected chi connectivity index (χ3v) is 5.36. The first kappa shape index (κ1) is 19.3. The van der Waals surface area contributed by atoms with E-state index in [2.05, 4.69) is 27.5 Å². The standard InChI is InChI=1S/C18H31N3O2S/c1-4-17-20-16(13-24-17)12-21-9-6-15(7-10-21)18(22)19-8-5-11-23-14(2)3/h13-15H,4-12H2,1-3H3,(H,19,22). The fraction of sp³-hybridized carbons (Fsp3) is 0.778. The quantitative estimate of drug-likeness (QED) is 0.694. The number of nitrogens with zero attached hydrogens (tertiary/aromatic N) is 2. The smallest absolute Gasteiger partial charge is 0.223 e. The highest BCUT2D eigenvalue weighted by Gasteiger charge is 2.25. The lowest BCUT2D eigenvalue weighted by Gasteiger charge is -2.30. The summed E-state index contributed by atoms with van der Waals surface area (Å²) in [5, 5.41) is 6.43. The minimum Gasteiger partial charge on any atom is -0.379 e. The highest BCUT2D eigenvalue weighted by molar-refractivity contribution is 7.09. The number of carbonyl (C=O) groups is 1. The van der Waals surface area contributed by atoms with Crippen LogP contribution in [0.2, 0.25) is 0 Å². The van der Waals surface area contributed by atoms with Crippen LogP contribution < -0.4 is 5.32 Å². The molecule has 0 atom stereocenters. The summed E-state index contributed by atoms with van der Waals surface area (Å²) in [5.41, 5.74) is 1.17. The van der Waals surface area contributed by atoms with E-state index >= 15 is 0 Å². The van der Waals surface area contributed by atoms with Gasteiger partial charge in [-0.3, -0.25) is 9.69 Å². The number of rotatable bonds is 9. The molecule has 6 heteroatoms. The Kier molecular flexibility index (Phi) is 8.15. The Morgan fingerprint density at radius 3 is 2.83 bits per heavy atom. The average molecular weight is 354 g/mol. The van der Waals surface area contributed by atoms with Crippen molar-refractivity contribution < 1.29 is 9.53 Å². The number of hydrogen-bond acceptors (Lipinski definition) is 5. The molecular formula is C18H31N3O2S. The number of piperidine rings is 1. The third-order valence-electron chi connectivity index (χ3n) is 4.32. The molecule has 1 saturated heterocycles. The molecule has 24 heavy (non-hydrogen) atoms. The number of carbonyl (C=O) groups excluding carboxylic acids is 1. The molecule has 1 aromatic rings. The van der Waals surface area contributed by atoms with E-state index in [1.165, 1.54) is 10.7 Å². The number of aryl methyl sites for hydroxylation is 1. The summed E-state index contributed by atoms with van der Waals surface area (Å²) in [5.74, 6) is 0.370. The van der Waals surface area contributed by atoms with Crippen LogP contribution in [0.3, 0.4) is 0 Å². The molecule has 0 aliphatic carbocycles. The van der Waals surface area contributed by atoms with Gasteiger partial charge in [0.15, 0.2) is 0 Å². The van der Waals surface area contributed by atoms with Crippen molar-refractivity contribution in [2.45, 2.75) is 59.1 Å². The highest BCUT2D eigenvalue weighted by atomic mass is 32.1. The summed E-state index contributed by atoms with van der Waals surface area (Å²) < 4.78 is 5.49. The summed E-state index contributed by atoms with van der Waals surface area (Å²) in [4.78, 5) is 19.3. The lowest BCUT2D eigenvalue weighted by molar-refractivity contribution is -0.126. The van der Waals surface area contributed by atoms with Crippen LogP contribution in [-0.2, 0) is 22.5 Å². The SMILES string of the molecule is CCc1nc(CN2CCC(C(=O)NCCCOC(C)C)CC2)cs1. The van der Waals surface area contributed by atoms with Gasteiger partial charge in [0.05, 0.1) is 16.8 Å². The van der Waals surface area contributed by atoms with Gasteiger partial charge < -0.3 is 10.1 Å². The molecule has 2 heterocycles. The second-order valence-corrected chi connectivity index (χ2v) is 7.64. The van der Waals surface area contributed by atoms with Crippen LogP contribution >= 0.6 is 11.3 Å². The second kappa shape index (κ2) is 10.1. The molecule has 2 rings (SSSR count). The monoisotopic (exact) mass is 353 g/mol. The summed E-state index contributed by atoms with van der Waals surface area (Å²) in [6.07, 6.45) is 4.04. The number of aromatic nitrogens is 1. The number of amides is 1.